The maximum atomic E-state index is 10.5. The molecule has 0 spiro atoms. The highest BCUT2D eigenvalue weighted by Crippen LogP contribution is 2.18. The Morgan fingerprint density at radius 2 is 2.43 bits per heavy atom. The molecule has 39 valence electrons. The zero-order chi connectivity index (χ0) is 5.28. The van der Waals surface area contributed by atoms with E-state index in [4.69, 9.17) is 12.6 Å². The van der Waals surface area contributed by atoms with Crippen LogP contribution in [0.5, 0.6) is 0 Å². The minimum atomic E-state index is -0.0417. The van der Waals surface area contributed by atoms with Gasteiger partial charge in [0.1, 0.15) is 5.78 Å². The number of carbonyl (C=O) groups excluding carboxylic acids is 1. The van der Waals surface area contributed by atoms with Gasteiger partial charge in [-0.1, -0.05) is 12.6 Å². The normalized spacial score (nSPS) is 31.6. The van der Waals surface area contributed by atoms with Crippen molar-refractivity contribution >= 4 is 18.4 Å². The first kappa shape index (κ1) is 5.16. The Labute approximate surface area is 48.5 Å². The molecule has 1 aliphatic carbocycles. The van der Waals surface area contributed by atoms with E-state index < -0.39 is 0 Å². The highest BCUT2D eigenvalue weighted by molar-refractivity contribution is 7.81. The molecule has 1 rings (SSSR count). The van der Waals surface area contributed by atoms with E-state index in [-0.39, 0.29) is 11.0 Å². The van der Waals surface area contributed by atoms with E-state index in [2.05, 4.69) is 0 Å². The Hall–Kier alpha value is 0.0200. The SMILES string of the molecule is O=C1CCCC1[S]. The molecule has 0 aromatic carbocycles. The Kier molecular flexibility index (Phi) is 1.38. The molecule has 1 unspecified atom stereocenters. The quantitative estimate of drug-likeness (QED) is 0.465. The van der Waals surface area contributed by atoms with Gasteiger partial charge in [0.05, 0.1) is 5.25 Å². The molecule has 1 nitrogen and oxygen atoms in total. The van der Waals surface area contributed by atoms with E-state index in [0.29, 0.717) is 0 Å². The summed E-state index contributed by atoms with van der Waals surface area (Å²) in [6.07, 6.45) is 2.69. The second-order valence-electron chi connectivity index (χ2n) is 1.85. The first-order valence-electron chi connectivity index (χ1n) is 2.49. The van der Waals surface area contributed by atoms with Crippen molar-refractivity contribution in [2.24, 2.45) is 0 Å². The molecule has 1 fully saturated rings. The molecule has 1 saturated carbocycles. The summed E-state index contributed by atoms with van der Waals surface area (Å²) in [6, 6.07) is 0. The van der Waals surface area contributed by atoms with Crippen molar-refractivity contribution in [1.29, 1.82) is 0 Å². The summed E-state index contributed by atoms with van der Waals surface area (Å²) in [6.45, 7) is 0. The number of ketones is 1. The van der Waals surface area contributed by atoms with E-state index in [1.165, 1.54) is 0 Å². The average molecular weight is 115 g/mol. The molecule has 1 atom stereocenters. The third-order valence-corrected chi connectivity index (χ3v) is 1.75. The fourth-order valence-electron chi connectivity index (χ4n) is 0.784. The lowest BCUT2D eigenvalue weighted by molar-refractivity contribution is -0.116. The maximum absolute atomic E-state index is 10.5. The molecule has 1 aliphatic rings. The molecule has 0 aliphatic heterocycles. The number of Topliss-reactive ketones (excluding diaryl/α,β-unsaturated/α-hetero) is 1. The third kappa shape index (κ3) is 0.969. The van der Waals surface area contributed by atoms with Crippen molar-refractivity contribution in [2.45, 2.75) is 24.5 Å². The average Bonchev–Trinajstić information content (AvgIpc) is 1.91. The summed E-state index contributed by atoms with van der Waals surface area (Å²) in [5.41, 5.74) is 0. The van der Waals surface area contributed by atoms with Crippen molar-refractivity contribution in [3.05, 3.63) is 0 Å². The van der Waals surface area contributed by atoms with Crippen LogP contribution in [0, 0.1) is 0 Å². The zero-order valence-corrected chi connectivity index (χ0v) is 4.83. The van der Waals surface area contributed by atoms with Crippen LogP contribution >= 0.6 is 12.6 Å². The van der Waals surface area contributed by atoms with Crippen molar-refractivity contribution in [2.75, 3.05) is 0 Å². The molecular weight excluding hydrogens is 108 g/mol. The van der Waals surface area contributed by atoms with Gasteiger partial charge in [0.15, 0.2) is 0 Å². The largest absolute Gasteiger partial charge is 0.298 e. The van der Waals surface area contributed by atoms with Crippen LogP contribution in [-0.2, 0) is 4.79 Å². The number of rotatable bonds is 0. The second kappa shape index (κ2) is 1.86. The Morgan fingerprint density at radius 3 is 2.57 bits per heavy atom. The number of hydrogen-bond acceptors (Lipinski definition) is 1. The summed E-state index contributed by atoms with van der Waals surface area (Å²) in [5, 5.41) is -0.0417. The highest BCUT2D eigenvalue weighted by Gasteiger charge is 2.20. The lowest BCUT2D eigenvalue weighted by Gasteiger charge is -1.88. The molecule has 0 amide bonds. The smallest absolute Gasteiger partial charge is 0.146 e. The minimum absolute atomic E-state index is 0.0417. The van der Waals surface area contributed by atoms with Crippen LogP contribution < -0.4 is 0 Å². The molecule has 0 aromatic rings. The summed E-state index contributed by atoms with van der Waals surface area (Å²) in [7, 11) is 0. The Bertz CT molecular complexity index is 90.1. The van der Waals surface area contributed by atoms with Gasteiger partial charge in [-0.2, -0.15) is 0 Å². The fraction of sp³-hybridized carbons (Fsp3) is 0.800. The number of carbonyl (C=O) groups is 1. The minimum Gasteiger partial charge on any atom is -0.298 e. The van der Waals surface area contributed by atoms with Gasteiger partial charge in [0.25, 0.3) is 0 Å². The number of hydrogen-bond donors (Lipinski definition) is 0. The summed E-state index contributed by atoms with van der Waals surface area (Å²) in [4.78, 5) is 10.5. The first-order chi connectivity index (χ1) is 3.30. The molecule has 2 heteroatoms. The lowest BCUT2D eigenvalue weighted by Crippen LogP contribution is -2.02. The van der Waals surface area contributed by atoms with Crippen molar-refractivity contribution in [3.63, 3.8) is 0 Å². The van der Waals surface area contributed by atoms with E-state index in [1.54, 1.807) is 0 Å². The van der Waals surface area contributed by atoms with Crippen LogP contribution in [0.4, 0.5) is 0 Å². The second-order valence-corrected chi connectivity index (χ2v) is 2.42. The van der Waals surface area contributed by atoms with Crippen molar-refractivity contribution in [1.82, 2.24) is 0 Å². The van der Waals surface area contributed by atoms with E-state index >= 15 is 0 Å². The van der Waals surface area contributed by atoms with Crippen molar-refractivity contribution < 1.29 is 4.79 Å². The van der Waals surface area contributed by atoms with Gasteiger partial charge >= 0.3 is 0 Å². The van der Waals surface area contributed by atoms with Crippen LogP contribution in [-0.4, -0.2) is 11.0 Å². The van der Waals surface area contributed by atoms with Crippen LogP contribution in [0.3, 0.4) is 0 Å². The molecule has 0 bridgehead atoms. The van der Waals surface area contributed by atoms with Gasteiger partial charge in [-0.25, -0.2) is 0 Å². The predicted octanol–water partition coefficient (Wildman–Crippen LogP) is 1.31. The lowest BCUT2D eigenvalue weighted by atomic mass is 10.3. The van der Waals surface area contributed by atoms with Crippen LogP contribution in [0.2, 0.25) is 0 Å². The van der Waals surface area contributed by atoms with Gasteiger partial charge in [-0.15, -0.1) is 0 Å². The Balaban J connectivity index is 2.48. The zero-order valence-electron chi connectivity index (χ0n) is 4.02. The van der Waals surface area contributed by atoms with Gasteiger partial charge in [-0.3, -0.25) is 4.79 Å². The molecule has 0 heterocycles. The van der Waals surface area contributed by atoms with Crippen LogP contribution in [0.25, 0.3) is 0 Å². The van der Waals surface area contributed by atoms with Crippen molar-refractivity contribution in [3.8, 4) is 0 Å². The molecule has 0 aromatic heterocycles. The van der Waals surface area contributed by atoms with Gasteiger partial charge in [0, 0.05) is 6.42 Å². The predicted molar refractivity (Wildman–Crippen MR) is 30.2 cm³/mol. The summed E-state index contributed by atoms with van der Waals surface area (Å²) >= 11 is 4.78. The molecule has 0 saturated heterocycles. The Morgan fingerprint density at radius 1 is 1.71 bits per heavy atom. The fourth-order valence-corrected chi connectivity index (χ4v) is 1.07. The standard InChI is InChI=1S/C5H7OS/c6-4-2-1-3-5(4)7/h5H,1-3H2. The molecule has 0 N–H and O–H groups in total. The third-order valence-electron chi connectivity index (χ3n) is 1.25. The van der Waals surface area contributed by atoms with E-state index in [1.807, 2.05) is 0 Å². The molecular formula is C5H7OS. The summed E-state index contributed by atoms with van der Waals surface area (Å²) < 4.78 is 0. The monoisotopic (exact) mass is 115 g/mol. The van der Waals surface area contributed by atoms with E-state index in [0.717, 1.165) is 19.3 Å². The van der Waals surface area contributed by atoms with Gasteiger partial charge < -0.3 is 0 Å². The van der Waals surface area contributed by atoms with Crippen LogP contribution in [0.1, 0.15) is 19.3 Å². The maximum Gasteiger partial charge on any atom is 0.146 e. The van der Waals surface area contributed by atoms with E-state index in [9.17, 15) is 4.79 Å². The topological polar surface area (TPSA) is 17.1 Å². The summed E-state index contributed by atoms with van der Waals surface area (Å²) in [5.74, 6) is 0.273. The highest BCUT2D eigenvalue weighted by atomic mass is 32.1. The van der Waals surface area contributed by atoms with Crippen LogP contribution in [0.15, 0.2) is 0 Å². The van der Waals surface area contributed by atoms with Gasteiger partial charge in [0.2, 0.25) is 0 Å². The van der Waals surface area contributed by atoms with Gasteiger partial charge in [-0.05, 0) is 12.8 Å². The molecule has 7 heavy (non-hydrogen) atoms. The first-order valence-corrected chi connectivity index (χ1v) is 2.96. The molecule has 1 radical (unpaired) electrons.